The summed E-state index contributed by atoms with van der Waals surface area (Å²) >= 11 is 0. The fourth-order valence-electron chi connectivity index (χ4n) is 6.36. The van der Waals surface area contributed by atoms with Crippen molar-refractivity contribution in [1.29, 1.82) is 5.26 Å². The number of benzene rings is 6. The van der Waals surface area contributed by atoms with Crippen molar-refractivity contribution in [3.05, 3.63) is 145 Å². The molecule has 0 fully saturated rings. The predicted octanol–water partition coefficient (Wildman–Crippen LogP) is 9.74. The average Bonchev–Trinajstić information content (AvgIpc) is 3.68. The number of fused-ring (bicyclic) bond motifs is 7. The Bertz CT molecular complexity index is 2660. The highest BCUT2D eigenvalue weighted by atomic mass is 16.3. The summed E-state index contributed by atoms with van der Waals surface area (Å²) in [7, 11) is 0. The Hall–Kier alpha value is -6.58. The van der Waals surface area contributed by atoms with Gasteiger partial charge in [0.2, 0.25) is 0 Å². The maximum atomic E-state index is 9.54. The molecule has 0 aliphatic heterocycles. The van der Waals surface area contributed by atoms with E-state index in [0.29, 0.717) is 23.0 Å². The average molecular weight is 590 g/mol. The SMILES string of the molecule is N#Cc1cccc(-c2nc(-c3ccccc3)nc(-c3cccc(-n4c5ccccc5c5ccc6c7ccccc7oc6c54)c3)n2)c1. The van der Waals surface area contributed by atoms with Crippen LogP contribution in [0, 0.1) is 11.3 Å². The summed E-state index contributed by atoms with van der Waals surface area (Å²) in [5, 5.41) is 14.0. The first kappa shape index (κ1) is 25.9. The number of hydrogen-bond acceptors (Lipinski definition) is 5. The molecule has 0 amide bonds. The van der Waals surface area contributed by atoms with Crippen molar-refractivity contribution in [3.63, 3.8) is 0 Å². The summed E-state index contributed by atoms with van der Waals surface area (Å²) in [6.07, 6.45) is 0. The molecule has 0 spiro atoms. The quantitative estimate of drug-likeness (QED) is 0.204. The highest BCUT2D eigenvalue weighted by Crippen LogP contribution is 2.40. The van der Waals surface area contributed by atoms with Crippen LogP contribution in [-0.2, 0) is 0 Å². The van der Waals surface area contributed by atoms with E-state index in [9.17, 15) is 5.26 Å². The van der Waals surface area contributed by atoms with Crippen molar-refractivity contribution in [3.8, 4) is 45.9 Å². The number of hydrogen-bond donors (Lipinski definition) is 0. The summed E-state index contributed by atoms with van der Waals surface area (Å²) in [4.78, 5) is 14.7. The molecule has 214 valence electrons. The van der Waals surface area contributed by atoms with Crippen LogP contribution >= 0.6 is 0 Å². The zero-order chi connectivity index (χ0) is 30.6. The molecule has 3 aromatic heterocycles. The van der Waals surface area contributed by atoms with Crippen molar-refractivity contribution < 1.29 is 4.42 Å². The summed E-state index contributed by atoms with van der Waals surface area (Å²) in [6.45, 7) is 0. The van der Waals surface area contributed by atoms with E-state index in [1.54, 1.807) is 12.1 Å². The molecule has 0 saturated heterocycles. The third-order valence-corrected chi connectivity index (χ3v) is 8.46. The Labute approximate surface area is 263 Å². The molecule has 0 saturated carbocycles. The summed E-state index contributed by atoms with van der Waals surface area (Å²) in [5.41, 5.74) is 7.81. The lowest BCUT2D eigenvalue weighted by Crippen LogP contribution is -2.01. The van der Waals surface area contributed by atoms with Gasteiger partial charge in [-0.15, -0.1) is 0 Å². The summed E-state index contributed by atoms with van der Waals surface area (Å²) in [6, 6.07) is 48.7. The predicted molar refractivity (Wildman–Crippen MR) is 182 cm³/mol. The Kier molecular flexibility index (Phi) is 5.77. The second-order valence-electron chi connectivity index (χ2n) is 11.2. The van der Waals surface area contributed by atoms with E-state index in [4.69, 9.17) is 19.4 Å². The van der Waals surface area contributed by atoms with E-state index < -0.39 is 0 Å². The number of rotatable bonds is 4. The smallest absolute Gasteiger partial charge is 0.164 e. The van der Waals surface area contributed by atoms with Gasteiger partial charge in [0, 0.05) is 43.9 Å². The van der Waals surface area contributed by atoms with Crippen molar-refractivity contribution in [2.24, 2.45) is 0 Å². The van der Waals surface area contributed by atoms with Crippen LogP contribution in [0.5, 0.6) is 0 Å². The molecule has 0 bridgehead atoms. The molecule has 0 unspecified atom stereocenters. The molecule has 6 aromatic carbocycles. The van der Waals surface area contributed by atoms with Gasteiger partial charge < -0.3 is 8.98 Å². The van der Waals surface area contributed by atoms with Gasteiger partial charge in [0.25, 0.3) is 0 Å². The van der Waals surface area contributed by atoms with E-state index in [-0.39, 0.29) is 0 Å². The van der Waals surface area contributed by atoms with Gasteiger partial charge in [-0.3, -0.25) is 0 Å². The molecule has 6 nitrogen and oxygen atoms in total. The van der Waals surface area contributed by atoms with Crippen LogP contribution in [0.25, 0.3) is 83.6 Å². The van der Waals surface area contributed by atoms with Gasteiger partial charge in [-0.2, -0.15) is 5.26 Å². The van der Waals surface area contributed by atoms with Crippen LogP contribution in [0.1, 0.15) is 5.56 Å². The normalized spacial score (nSPS) is 11.5. The van der Waals surface area contributed by atoms with E-state index in [2.05, 4.69) is 65.2 Å². The van der Waals surface area contributed by atoms with Gasteiger partial charge in [0.05, 0.1) is 22.7 Å². The van der Waals surface area contributed by atoms with Crippen LogP contribution in [-0.4, -0.2) is 19.5 Å². The lowest BCUT2D eigenvalue weighted by Gasteiger charge is -2.12. The zero-order valence-electron chi connectivity index (χ0n) is 24.4. The molecule has 0 radical (unpaired) electrons. The number of para-hydroxylation sites is 2. The number of furan rings is 1. The second kappa shape index (κ2) is 10.3. The third-order valence-electron chi connectivity index (χ3n) is 8.46. The van der Waals surface area contributed by atoms with Crippen molar-refractivity contribution in [2.45, 2.75) is 0 Å². The largest absolute Gasteiger partial charge is 0.454 e. The first-order valence-corrected chi connectivity index (χ1v) is 15.0. The highest BCUT2D eigenvalue weighted by Gasteiger charge is 2.20. The zero-order valence-corrected chi connectivity index (χ0v) is 24.4. The third kappa shape index (κ3) is 4.07. The molecule has 6 heteroatoms. The minimum atomic E-state index is 0.507. The molecule has 0 aliphatic rings. The molecule has 0 aliphatic carbocycles. The number of aromatic nitrogens is 4. The maximum Gasteiger partial charge on any atom is 0.164 e. The van der Waals surface area contributed by atoms with Crippen molar-refractivity contribution in [2.75, 3.05) is 0 Å². The molecule has 0 atom stereocenters. The van der Waals surface area contributed by atoms with Gasteiger partial charge in [-0.05, 0) is 42.5 Å². The summed E-state index contributed by atoms with van der Waals surface area (Å²) in [5.74, 6) is 1.61. The van der Waals surface area contributed by atoms with E-state index in [1.807, 2.05) is 72.8 Å². The molecule has 9 rings (SSSR count). The van der Waals surface area contributed by atoms with Gasteiger partial charge in [0.1, 0.15) is 5.58 Å². The lowest BCUT2D eigenvalue weighted by atomic mass is 10.1. The minimum absolute atomic E-state index is 0.507. The second-order valence-corrected chi connectivity index (χ2v) is 11.2. The van der Waals surface area contributed by atoms with Crippen LogP contribution < -0.4 is 0 Å². The van der Waals surface area contributed by atoms with Crippen LogP contribution in [0.4, 0.5) is 0 Å². The van der Waals surface area contributed by atoms with E-state index >= 15 is 0 Å². The molecule has 9 aromatic rings. The van der Waals surface area contributed by atoms with Gasteiger partial charge in [-0.25, -0.2) is 15.0 Å². The van der Waals surface area contributed by atoms with Crippen molar-refractivity contribution >= 4 is 43.7 Å². The van der Waals surface area contributed by atoms with E-state index in [0.717, 1.165) is 66.1 Å². The van der Waals surface area contributed by atoms with Crippen LogP contribution in [0.3, 0.4) is 0 Å². The first-order valence-electron chi connectivity index (χ1n) is 15.0. The Morgan fingerprint density at radius 3 is 1.96 bits per heavy atom. The Balaban J connectivity index is 1.29. The molecule has 0 N–H and O–H groups in total. The van der Waals surface area contributed by atoms with Gasteiger partial charge in [0.15, 0.2) is 23.1 Å². The van der Waals surface area contributed by atoms with Crippen molar-refractivity contribution in [1.82, 2.24) is 19.5 Å². The van der Waals surface area contributed by atoms with Crippen LogP contribution in [0.2, 0.25) is 0 Å². The molecular weight excluding hydrogens is 566 g/mol. The topological polar surface area (TPSA) is 80.5 Å². The molecule has 3 heterocycles. The fraction of sp³-hybridized carbons (Fsp3) is 0. The first-order chi connectivity index (χ1) is 22.7. The Morgan fingerprint density at radius 2 is 1.15 bits per heavy atom. The number of nitrogens with zero attached hydrogens (tertiary/aromatic N) is 5. The maximum absolute atomic E-state index is 9.54. The summed E-state index contributed by atoms with van der Waals surface area (Å²) < 4.78 is 8.82. The standard InChI is InChI=1S/C40H23N5O/c41-24-25-10-8-13-27(22-25)39-42-38(26-11-2-1-3-12-26)43-40(44-39)28-14-9-15-29(23-28)45-34-18-6-4-16-30(34)32-20-21-33-31-17-5-7-19-35(31)46-37(33)36(32)45/h1-23H. The van der Waals surface area contributed by atoms with Gasteiger partial charge >= 0.3 is 0 Å². The monoisotopic (exact) mass is 589 g/mol. The minimum Gasteiger partial charge on any atom is -0.454 e. The highest BCUT2D eigenvalue weighted by molar-refractivity contribution is 6.21. The number of nitriles is 1. The Morgan fingerprint density at radius 1 is 0.522 bits per heavy atom. The van der Waals surface area contributed by atoms with Gasteiger partial charge in [-0.1, -0.05) is 97.1 Å². The fourth-order valence-corrected chi connectivity index (χ4v) is 6.36. The molecular formula is C40H23N5O. The van der Waals surface area contributed by atoms with E-state index in [1.165, 1.54) is 0 Å². The molecule has 46 heavy (non-hydrogen) atoms. The van der Waals surface area contributed by atoms with Crippen LogP contribution in [0.15, 0.2) is 144 Å². The lowest BCUT2D eigenvalue weighted by molar-refractivity contribution is 0.671.